The van der Waals surface area contributed by atoms with Crippen molar-refractivity contribution in [3.05, 3.63) is 78.1 Å². The molecule has 0 unspecified atom stereocenters. The molecule has 0 aliphatic heterocycles. The third kappa shape index (κ3) is 4.40. The summed E-state index contributed by atoms with van der Waals surface area (Å²) in [5.41, 5.74) is 2.25. The van der Waals surface area contributed by atoms with Crippen LogP contribution in [-0.2, 0) is 20.7 Å². The van der Waals surface area contributed by atoms with E-state index in [0.717, 1.165) is 16.2 Å². The van der Waals surface area contributed by atoms with Crippen molar-refractivity contribution in [1.29, 1.82) is 0 Å². The summed E-state index contributed by atoms with van der Waals surface area (Å²) in [5, 5.41) is 8.04. The zero-order valence-electron chi connectivity index (χ0n) is 16.8. The van der Waals surface area contributed by atoms with E-state index in [0.29, 0.717) is 22.4 Å². The molecule has 1 heterocycles. The number of nitrogens with one attached hydrogen (secondary N) is 2. The standard InChI is InChI=1S/C24H20N2O5/c1-25-24(29)16-6-4-7-18(11-16)26-21(27)14-31-22(28)12-17-13-30-20-10-9-15-5-2-3-8-19(15)23(17)20/h2-11,13H,12,14H2,1H3,(H,25,29)(H,26,27). The lowest BCUT2D eigenvalue weighted by Crippen LogP contribution is -2.22. The first-order valence-corrected chi connectivity index (χ1v) is 9.70. The van der Waals surface area contributed by atoms with Crippen LogP contribution in [0.5, 0.6) is 0 Å². The van der Waals surface area contributed by atoms with E-state index in [1.165, 1.54) is 7.05 Å². The zero-order valence-corrected chi connectivity index (χ0v) is 16.8. The van der Waals surface area contributed by atoms with Crippen LogP contribution in [0.4, 0.5) is 5.69 Å². The summed E-state index contributed by atoms with van der Waals surface area (Å²) in [5.74, 6) is -1.29. The molecule has 0 saturated heterocycles. The summed E-state index contributed by atoms with van der Waals surface area (Å²) in [6.07, 6.45) is 1.53. The molecule has 0 aliphatic carbocycles. The van der Waals surface area contributed by atoms with E-state index in [2.05, 4.69) is 10.6 Å². The van der Waals surface area contributed by atoms with Gasteiger partial charge in [0.05, 0.1) is 12.7 Å². The number of furan rings is 1. The van der Waals surface area contributed by atoms with Crippen LogP contribution in [0, 0.1) is 0 Å². The number of anilines is 1. The minimum absolute atomic E-state index is 0.0134. The molecule has 7 nitrogen and oxygen atoms in total. The lowest BCUT2D eigenvalue weighted by Gasteiger charge is -2.08. The van der Waals surface area contributed by atoms with Crippen molar-refractivity contribution in [2.45, 2.75) is 6.42 Å². The number of benzene rings is 3. The SMILES string of the molecule is CNC(=O)c1cccc(NC(=O)COC(=O)Cc2coc3ccc4ccccc4c23)c1. The van der Waals surface area contributed by atoms with Gasteiger partial charge in [0.25, 0.3) is 11.8 Å². The fraction of sp³-hybridized carbons (Fsp3) is 0.125. The van der Waals surface area contributed by atoms with Crippen molar-refractivity contribution in [3.8, 4) is 0 Å². The average molecular weight is 416 g/mol. The van der Waals surface area contributed by atoms with Crippen LogP contribution in [-0.4, -0.2) is 31.4 Å². The van der Waals surface area contributed by atoms with Crippen LogP contribution >= 0.6 is 0 Å². The summed E-state index contributed by atoms with van der Waals surface area (Å²) in [6, 6.07) is 18.2. The number of ether oxygens (including phenoxy) is 1. The fourth-order valence-electron chi connectivity index (χ4n) is 3.44. The number of rotatable bonds is 6. The Morgan fingerprint density at radius 1 is 1.00 bits per heavy atom. The Hall–Kier alpha value is -4.13. The van der Waals surface area contributed by atoms with E-state index in [1.807, 2.05) is 36.4 Å². The van der Waals surface area contributed by atoms with E-state index in [1.54, 1.807) is 30.5 Å². The van der Waals surface area contributed by atoms with Crippen molar-refractivity contribution >= 4 is 45.2 Å². The van der Waals surface area contributed by atoms with E-state index in [9.17, 15) is 14.4 Å². The van der Waals surface area contributed by atoms with Gasteiger partial charge < -0.3 is 19.8 Å². The zero-order chi connectivity index (χ0) is 21.8. The minimum atomic E-state index is -0.537. The van der Waals surface area contributed by atoms with Gasteiger partial charge in [0.15, 0.2) is 6.61 Å². The van der Waals surface area contributed by atoms with Gasteiger partial charge in [0.1, 0.15) is 5.58 Å². The molecule has 1 aromatic heterocycles. The minimum Gasteiger partial charge on any atom is -0.464 e. The molecule has 0 fully saturated rings. The van der Waals surface area contributed by atoms with E-state index in [-0.39, 0.29) is 12.3 Å². The highest BCUT2D eigenvalue weighted by molar-refractivity contribution is 6.08. The largest absolute Gasteiger partial charge is 0.464 e. The number of amides is 2. The van der Waals surface area contributed by atoms with Gasteiger partial charge in [-0.15, -0.1) is 0 Å². The Labute approximate surface area is 178 Å². The highest BCUT2D eigenvalue weighted by Crippen LogP contribution is 2.30. The highest BCUT2D eigenvalue weighted by atomic mass is 16.5. The number of esters is 1. The van der Waals surface area contributed by atoms with Crippen molar-refractivity contribution < 1.29 is 23.5 Å². The average Bonchev–Trinajstić information content (AvgIpc) is 3.20. The van der Waals surface area contributed by atoms with Gasteiger partial charge in [0, 0.05) is 29.2 Å². The van der Waals surface area contributed by atoms with Crippen LogP contribution in [0.2, 0.25) is 0 Å². The number of carbonyl (C=O) groups is 3. The number of fused-ring (bicyclic) bond motifs is 3. The number of carbonyl (C=O) groups excluding carboxylic acids is 3. The van der Waals surface area contributed by atoms with Crippen molar-refractivity contribution in [2.24, 2.45) is 0 Å². The molecule has 0 saturated carbocycles. The lowest BCUT2D eigenvalue weighted by atomic mass is 10.0. The molecule has 4 rings (SSSR count). The summed E-state index contributed by atoms with van der Waals surface area (Å²) in [7, 11) is 1.53. The second-order valence-electron chi connectivity index (χ2n) is 6.97. The first-order chi connectivity index (χ1) is 15.0. The molecular weight excluding hydrogens is 396 g/mol. The van der Waals surface area contributed by atoms with Crippen molar-refractivity contribution in [1.82, 2.24) is 5.32 Å². The predicted octanol–water partition coefficient (Wildman–Crippen LogP) is 3.67. The maximum Gasteiger partial charge on any atom is 0.310 e. The molecule has 7 heteroatoms. The molecule has 4 aromatic rings. The van der Waals surface area contributed by atoms with Gasteiger partial charge in [-0.05, 0) is 35.0 Å². The Morgan fingerprint density at radius 2 is 1.84 bits per heavy atom. The highest BCUT2D eigenvalue weighted by Gasteiger charge is 2.15. The Balaban J connectivity index is 1.39. The number of hydrogen-bond acceptors (Lipinski definition) is 5. The van der Waals surface area contributed by atoms with Gasteiger partial charge in [-0.25, -0.2) is 0 Å². The molecule has 31 heavy (non-hydrogen) atoms. The van der Waals surface area contributed by atoms with Crippen LogP contribution in [0.25, 0.3) is 21.7 Å². The van der Waals surface area contributed by atoms with E-state index < -0.39 is 18.5 Å². The maximum atomic E-state index is 12.3. The third-order valence-corrected chi connectivity index (χ3v) is 4.87. The quantitative estimate of drug-likeness (QED) is 0.468. The second-order valence-corrected chi connectivity index (χ2v) is 6.97. The molecule has 0 radical (unpaired) electrons. The van der Waals surface area contributed by atoms with Crippen LogP contribution < -0.4 is 10.6 Å². The van der Waals surface area contributed by atoms with Crippen molar-refractivity contribution in [2.75, 3.05) is 19.0 Å². The predicted molar refractivity (Wildman–Crippen MR) is 117 cm³/mol. The maximum absolute atomic E-state index is 12.3. The Kier molecular flexibility index (Phi) is 5.66. The van der Waals surface area contributed by atoms with Crippen LogP contribution in [0.1, 0.15) is 15.9 Å². The molecule has 0 spiro atoms. The van der Waals surface area contributed by atoms with Crippen LogP contribution in [0.15, 0.2) is 71.3 Å². The topological polar surface area (TPSA) is 97.6 Å². The smallest absolute Gasteiger partial charge is 0.310 e. The molecule has 0 aliphatic rings. The summed E-state index contributed by atoms with van der Waals surface area (Å²) >= 11 is 0. The monoisotopic (exact) mass is 416 g/mol. The molecule has 0 atom stereocenters. The van der Waals surface area contributed by atoms with Gasteiger partial charge in [0.2, 0.25) is 0 Å². The Bertz CT molecular complexity index is 1290. The van der Waals surface area contributed by atoms with Crippen molar-refractivity contribution in [3.63, 3.8) is 0 Å². The molecule has 3 aromatic carbocycles. The summed E-state index contributed by atoms with van der Waals surface area (Å²) in [4.78, 5) is 36.2. The van der Waals surface area contributed by atoms with Crippen LogP contribution in [0.3, 0.4) is 0 Å². The normalized spacial score (nSPS) is 10.7. The fourth-order valence-corrected chi connectivity index (χ4v) is 3.44. The molecular formula is C24H20N2O5. The van der Waals surface area contributed by atoms with E-state index >= 15 is 0 Å². The first-order valence-electron chi connectivity index (χ1n) is 9.70. The lowest BCUT2D eigenvalue weighted by molar-refractivity contribution is -0.146. The molecule has 2 amide bonds. The summed E-state index contributed by atoms with van der Waals surface area (Å²) in [6.45, 7) is -0.431. The molecule has 156 valence electrons. The van der Waals surface area contributed by atoms with E-state index in [4.69, 9.17) is 9.15 Å². The van der Waals surface area contributed by atoms with Gasteiger partial charge in [-0.1, -0.05) is 36.4 Å². The molecule has 0 bridgehead atoms. The molecule has 2 N–H and O–H groups in total. The Morgan fingerprint density at radius 3 is 2.68 bits per heavy atom. The first kappa shape index (κ1) is 20.2. The van der Waals surface area contributed by atoms with Gasteiger partial charge in [-0.3, -0.25) is 14.4 Å². The van der Waals surface area contributed by atoms with Gasteiger partial charge >= 0.3 is 5.97 Å². The van der Waals surface area contributed by atoms with Gasteiger partial charge in [-0.2, -0.15) is 0 Å². The number of hydrogen-bond donors (Lipinski definition) is 2. The third-order valence-electron chi connectivity index (χ3n) is 4.87. The second kappa shape index (κ2) is 8.71. The summed E-state index contributed by atoms with van der Waals surface area (Å²) < 4.78 is 10.7.